The van der Waals surface area contributed by atoms with Crippen molar-refractivity contribution in [2.45, 2.75) is 98.8 Å². The summed E-state index contributed by atoms with van der Waals surface area (Å²) in [6, 6.07) is 14.7. The molecule has 440 valence electrons. The van der Waals surface area contributed by atoms with Crippen molar-refractivity contribution in [3.8, 4) is 33.9 Å². The number of carbonyl (C=O) groups is 2. The van der Waals surface area contributed by atoms with Gasteiger partial charge in [0.05, 0.1) is 43.6 Å². The van der Waals surface area contributed by atoms with Gasteiger partial charge in [0.2, 0.25) is 11.8 Å². The highest BCUT2D eigenvalue weighted by Gasteiger charge is 2.36. The van der Waals surface area contributed by atoms with Gasteiger partial charge in [-0.15, -0.1) is 0 Å². The number of pyridine rings is 2. The van der Waals surface area contributed by atoms with Gasteiger partial charge in [-0.05, 0) is 88.1 Å². The number of carbonyl (C=O) groups excluding carboxylic acids is 2. The Labute approximate surface area is 507 Å². The van der Waals surface area contributed by atoms with Crippen molar-refractivity contribution in [1.29, 1.82) is 0 Å². The molecule has 2 aliphatic heterocycles. The second-order valence-electron chi connectivity index (χ2n) is 20.6. The molecule has 8 aromatic rings. The van der Waals surface area contributed by atoms with Gasteiger partial charge < -0.3 is 19.6 Å². The molecule has 0 bridgehead atoms. The van der Waals surface area contributed by atoms with E-state index in [0.29, 0.717) is 60.0 Å². The molecular formula is C59H63Cl4F2N14O4P. The van der Waals surface area contributed by atoms with E-state index in [4.69, 9.17) is 56.4 Å². The summed E-state index contributed by atoms with van der Waals surface area (Å²) in [4.78, 5) is 95.7. The predicted octanol–water partition coefficient (Wildman–Crippen LogP) is 11.5. The Hall–Kier alpha value is -7.35. The van der Waals surface area contributed by atoms with Crippen LogP contribution in [-0.2, 0) is 9.59 Å². The fraction of sp³-hybridized carbons (Fsp3) is 0.322. The highest BCUT2D eigenvalue weighted by Crippen LogP contribution is 2.39. The van der Waals surface area contributed by atoms with E-state index in [9.17, 15) is 28.0 Å². The summed E-state index contributed by atoms with van der Waals surface area (Å²) < 4.78 is 32.4. The first-order chi connectivity index (χ1) is 39.1. The van der Waals surface area contributed by atoms with E-state index in [1.54, 1.807) is 58.3 Å². The number of anilines is 2. The summed E-state index contributed by atoms with van der Waals surface area (Å²) in [7, 11) is 0. The Kier molecular flexibility index (Phi) is 20.1. The van der Waals surface area contributed by atoms with Gasteiger partial charge in [-0.1, -0.05) is 119 Å². The van der Waals surface area contributed by atoms with Gasteiger partial charge >= 0.3 is 11.4 Å². The zero-order valence-electron chi connectivity index (χ0n) is 46.7. The summed E-state index contributed by atoms with van der Waals surface area (Å²) in [5.41, 5.74) is 1.21. The number of aromatic nitrogens is 10. The number of hydrogen-bond acceptors (Lipinski definition) is 14. The summed E-state index contributed by atoms with van der Waals surface area (Å²) >= 11 is 26.6. The van der Waals surface area contributed by atoms with E-state index in [1.165, 1.54) is 46.1 Å². The molecule has 2 fully saturated rings. The number of nitrogens with zero attached hydrogens (tertiary/aromatic N) is 14. The lowest BCUT2D eigenvalue weighted by atomic mass is 10.1. The summed E-state index contributed by atoms with van der Waals surface area (Å²) in [6.45, 7) is 24.2. The number of halogens is 6. The first-order valence-electron chi connectivity index (χ1n) is 26.2. The minimum Gasteiger partial charge on any atom is -0.349 e. The quantitative estimate of drug-likeness (QED) is 0.0713. The Morgan fingerprint density at radius 3 is 1.26 bits per heavy atom. The second-order valence-corrected chi connectivity index (χ2v) is 22.2. The fourth-order valence-corrected chi connectivity index (χ4v) is 11.4. The molecule has 6 aromatic heterocycles. The summed E-state index contributed by atoms with van der Waals surface area (Å²) in [5.74, 6) is -0.922. The molecule has 1 unspecified atom stereocenters. The maximum Gasteiger partial charge on any atom is 0.356 e. The van der Waals surface area contributed by atoms with Gasteiger partial charge in [-0.25, -0.2) is 57.4 Å². The molecule has 84 heavy (non-hydrogen) atoms. The van der Waals surface area contributed by atoms with Crippen LogP contribution in [0.1, 0.15) is 86.0 Å². The van der Waals surface area contributed by atoms with Gasteiger partial charge in [0, 0.05) is 61.5 Å². The van der Waals surface area contributed by atoms with Crippen LogP contribution < -0.4 is 21.2 Å². The topological polar surface area (TPSA) is 194 Å². The van der Waals surface area contributed by atoms with Crippen molar-refractivity contribution in [2.75, 3.05) is 36.0 Å². The van der Waals surface area contributed by atoms with Crippen LogP contribution >= 0.6 is 56.3 Å². The highest BCUT2D eigenvalue weighted by molar-refractivity contribution is 6.92. The SMILES string of the molecule is C.C=CC(=O)N1C[C@H](C)N(c2nc(=O)n(-c3c(Cl)ncnc3C(C)C)c3nc(-c4ccccc4F)c(Cl)cc23)C[C@H]1C.C=CC(=O)N1C[C@H](C)N(c2nc(=O)n(-c3c(Cl)ncnc3C(C)C)c3nc(-c4ccccc4F)c(Cl)cc23)C[C@H]1C.P. The zero-order chi connectivity index (χ0) is 59.2. The highest BCUT2D eigenvalue weighted by atomic mass is 35.5. The number of fused-ring (bicyclic) bond motifs is 2. The molecule has 5 atom stereocenters. The lowest BCUT2D eigenvalue weighted by molar-refractivity contribution is -0.129. The lowest BCUT2D eigenvalue weighted by Crippen LogP contribution is -2.58. The molecule has 0 radical (unpaired) electrons. The van der Waals surface area contributed by atoms with Crippen molar-refractivity contribution >= 4 is 102 Å². The largest absolute Gasteiger partial charge is 0.356 e. The van der Waals surface area contributed by atoms with Crippen molar-refractivity contribution in [2.24, 2.45) is 0 Å². The lowest BCUT2D eigenvalue weighted by Gasteiger charge is -2.44. The molecular weight excluding hydrogens is 1180 g/mol. The minimum absolute atomic E-state index is 0. The van der Waals surface area contributed by atoms with Gasteiger partial charge in [0.25, 0.3) is 0 Å². The third-order valence-electron chi connectivity index (χ3n) is 14.4. The Morgan fingerprint density at radius 1 is 0.571 bits per heavy atom. The van der Waals surface area contributed by atoms with E-state index in [-0.39, 0.29) is 131 Å². The number of piperazine rings is 2. The average molecular weight is 1240 g/mol. The Bertz CT molecular complexity index is 3750. The van der Waals surface area contributed by atoms with Crippen LogP contribution in [0.3, 0.4) is 0 Å². The molecule has 8 heterocycles. The van der Waals surface area contributed by atoms with Crippen molar-refractivity contribution in [3.05, 3.63) is 163 Å². The van der Waals surface area contributed by atoms with E-state index in [1.807, 2.05) is 65.2 Å². The summed E-state index contributed by atoms with van der Waals surface area (Å²) in [6.07, 6.45) is 5.25. The first kappa shape index (κ1) is 64.2. The van der Waals surface area contributed by atoms with Crippen LogP contribution in [0, 0.1) is 11.6 Å². The molecule has 0 N–H and O–H groups in total. The van der Waals surface area contributed by atoms with Gasteiger partial charge in [-0.2, -0.15) is 19.9 Å². The number of hydrogen-bond donors (Lipinski definition) is 0. The molecule has 0 saturated carbocycles. The Balaban J connectivity index is 0.000000235. The molecule has 2 saturated heterocycles. The maximum atomic E-state index is 14.9. The van der Waals surface area contributed by atoms with Crippen molar-refractivity contribution in [1.82, 2.24) is 58.8 Å². The maximum absolute atomic E-state index is 14.9. The van der Waals surface area contributed by atoms with Crippen molar-refractivity contribution in [3.63, 3.8) is 0 Å². The van der Waals surface area contributed by atoms with E-state index >= 15 is 0 Å². The number of amides is 2. The molecule has 2 aliphatic rings. The molecule has 25 heteroatoms. The third-order valence-corrected chi connectivity index (χ3v) is 15.6. The predicted molar refractivity (Wildman–Crippen MR) is 335 cm³/mol. The van der Waals surface area contributed by atoms with Crippen LogP contribution in [0.4, 0.5) is 20.4 Å². The van der Waals surface area contributed by atoms with Gasteiger partial charge in [0.15, 0.2) is 21.6 Å². The Morgan fingerprint density at radius 2 is 0.929 bits per heavy atom. The normalized spacial score (nSPS) is 17.0. The molecule has 2 amide bonds. The minimum atomic E-state index is -0.662. The van der Waals surface area contributed by atoms with Crippen LogP contribution in [0.2, 0.25) is 20.4 Å². The van der Waals surface area contributed by atoms with Crippen LogP contribution in [0.25, 0.3) is 56.0 Å². The van der Waals surface area contributed by atoms with Gasteiger partial charge in [0.1, 0.15) is 47.3 Å². The zero-order valence-corrected chi connectivity index (χ0v) is 51.1. The van der Waals surface area contributed by atoms with Crippen LogP contribution in [-0.4, -0.2) is 121 Å². The van der Waals surface area contributed by atoms with E-state index < -0.39 is 23.0 Å². The average Bonchev–Trinajstić information content (AvgIpc) is 0.957. The molecule has 0 aliphatic carbocycles. The number of benzene rings is 2. The van der Waals surface area contributed by atoms with E-state index in [2.05, 4.69) is 43.1 Å². The molecule has 0 spiro atoms. The third kappa shape index (κ3) is 12.1. The van der Waals surface area contributed by atoms with Gasteiger partial charge in [-0.3, -0.25) is 9.59 Å². The fourth-order valence-electron chi connectivity index (χ4n) is 10.4. The summed E-state index contributed by atoms with van der Waals surface area (Å²) in [5, 5.41) is 1.35. The number of rotatable bonds is 10. The molecule has 2 aromatic carbocycles. The van der Waals surface area contributed by atoms with Crippen LogP contribution in [0.15, 0.2) is 108 Å². The first-order valence-corrected chi connectivity index (χ1v) is 27.7. The second kappa shape index (κ2) is 26.3. The monoisotopic (exact) mass is 1240 g/mol. The van der Waals surface area contributed by atoms with Crippen molar-refractivity contribution < 1.29 is 18.4 Å². The van der Waals surface area contributed by atoms with E-state index in [0.717, 1.165) is 0 Å². The molecule has 18 nitrogen and oxygen atoms in total. The van der Waals surface area contributed by atoms with Crippen LogP contribution in [0.5, 0.6) is 0 Å². The standard InChI is InChI=1S/2C29H28Cl2FN7O2.CH4.H3P/c2*1-6-22(40)37-12-17(5)38(13-16(37)4)27-19-11-20(30)24(18-9-7-8-10-21(18)32)35-28(19)39(29(41)36-27)25-23(15(2)3)33-14-34-26(25)31;;/h2*6-11,14-17H,1,12-13H2,2-5H3;1H4;1H3/t2*16-,17+;;/m11../s1. The smallest absolute Gasteiger partial charge is 0.349 e. The molecule has 10 rings (SSSR count).